The van der Waals surface area contributed by atoms with E-state index in [2.05, 4.69) is 0 Å². The summed E-state index contributed by atoms with van der Waals surface area (Å²) < 4.78 is 5.14. The zero-order valence-electron chi connectivity index (χ0n) is 8.39. The van der Waals surface area contributed by atoms with Gasteiger partial charge in [-0.05, 0) is 27.7 Å². The zero-order valence-corrected chi connectivity index (χ0v) is 8.39. The molecule has 0 aliphatic rings. The van der Waals surface area contributed by atoms with Crippen molar-refractivity contribution in [3.05, 3.63) is 0 Å². The maximum Gasteiger partial charge on any atom is 0.160 e. The van der Waals surface area contributed by atoms with Crippen LogP contribution in [0.15, 0.2) is 0 Å². The van der Waals surface area contributed by atoms with Gasteiger partial charge in [-0.25, -0.2) is 0 Å². The first-order chi connectivity index (χ1) is 5.31. The smallest absolute Gasteiger partial charge is 0.160 e. The van der Waals surface area contributed by atoms with Gasteiger partial charge in [0.15, 0.2) is 5.78 Å². The lowest BCUT2D eigenvalue weighted by molar-refractivity contribution is -0.125. The van der Waals surface area contributed by atoms with Gasteiger partial charge in [-0.15, -0.1) is 0 Å². The van der Waals surface area contributed by atoms with Gasteiger partial charge in [-0.3, -0.25) is 4.79 Å². The third kappa shape index (κ3) is 7.69. The second kappa shape index (κ2) is 4.58. The molecule has 0 atom stereocenters. The van der Waals surface area contributed by atoms with Crippen molar-refractivity contribution in [1.29, 1.82) is 0 Å². The molecule has 12 heavy (non-hydrogen) atoms. The van der Waals surface area contributed by atoms with Crippen molar-refractivity contribution >= 4 is 5.78 Å². The number of carbonyl (C=O) groups excluding carboxylic acids is 1. The lowest BCUT2D eigenvalue weighted by Crippen LogP contribution is -2.35. The van der Waals surface area contributed by atoms with E-state index in [0.717, 1.165) is 0 Å². The maximum absolute atomic E-state index is 11.2. The molecular weight excluding hydrogens is 154 g/mol. The Morgan fingerprint density at radius 3 is 2.33 bits per heavy atom. The second-order valence-electron chi connectivity index (χ2n) is 4.06. The van der Waals surface area contributed by atoms with Gasteiger partial charge < -0.3 is 10.5 Å². The van der Waals surface area contributed by atoms with E-state index in [1.165, 1.54) is 0 Å². The molecule has 72 valence electrons. The van der Waals surface area contributed by atoms with Gasteiger partial charge in [-0.2, -0.15) is 0 Å². The molecule has 0 unspecified atom stereocenters. The zero-order chi connectivity index (χ0) is 9.78. The third-order valence-electron chi connectivity index (χ3n) is 1.23. The highest BCUT2D eigenvalue weighted by molar-refractivity contribution is 5.80. The Morgan fingerprint density at radius 2 is 2.00 bits per heavy atom. The van der Waals surface area contributed by atoms with Gasteiger partial charge in [-0.1, -0.05) is 0 Å². The Hall–Kier alpha value is -0.410. The van der Waals surface area contributed by atoms with Crippen LogP contribution in [0.25, 0.3) is 0 Å². The molecule has 0 saturated heterocycles. The number of nitrogens with two attached hydrogens (primary N) is 1. The van der Waals surface area contributed by atoms with Crippen molar-refractivity contribution in [2.24, 2.45) is 5.73 Å². The molecule has 0 spiro atoms. The fourth-order valence-corrected chi connectivity index (χ4v) is 0.819. The Balaban J connectivity index is 3.61. The molecule has 3 heteroatoms. The standard InChI is InChI=1S/C9H19NO2/c1-7(2)12-6-8(11)5-9(3,4)10/h7H,5-6,10H2,1-4H3. The number of Topliss-reactive ketones (excluding diaryl/α,β-unsaturated/α-hetero) is 1. The Kier molecular flexibility index (Phi) is 4.42. The van der Waals surface area contributed by atoms with E-state index in [0.29, 0.717) is 6.42 Å². The highest BCUT2D eigenvalue weighted by Gasteiger charge is 2.16. The summed E-state index contributed by atoms with van der Waals surface area (Å²) >= 11 is 0. The van der Waals surface area contributed by atoms with Crippen molar-refractivity contribution < 1.29 is 9.53 Å². The molecule has 0 rings (SSSR count). The molecule has 0 radical (unpaired) electrons. The lowest BCUT2D eigenvalue weighted by atomic mass is 10.00. The second-order valence-corrected chi connectivity index (χ2v) is 4.06. The molecule has 3 nitrogen and oxygen atoms in total. The van der Waals surface area contributed by atoms with Gasteiger partial charge in [0.25, 0.3) is 0 Å². The highest BCUT2D eigenvalue weighted by Crippen LogP contribution is 2.04. The minimum Gasteiger partial charge on any atom is -0.371 e. The molecule has 0 fully saturated rings. The number of ether oxygens (including phenoxy) is 1. The number of rotatable bonds is 5. The number of hydrogen-bond donors (Lipinski definition) is 1. The minimum absolute atomic E-state index is 0.0659. The summed E-state index contributed by atoms with van der Waals surface area (Å²) in [4.78, 5) is 11.2. The van der Waals surface area contributed by atoms with E-state index in [-0.39, 0.29) is 18.5 Å². The fraction of sp³-hybridized carbons (Fsp3) is 0.889. The van der Waals surface area contributed by atoms with Gasteiger partial charge in [0, 0.05) is 12.0 Å². The summed E-state index contributed by atoms with van der Waals surface area (Å²) in [5, 5.41) is 0. The minimum atomic E-state index is -0.419. The van der Waals surface area contributed by atoms with Crippen LogP contribution in [0.2, 0.25) is 0 Å². The van der Waals surface area contributed by atoms with Crippen LogP contribution < -0.4 is 5.73 Å². The third-order valence-corrected chi connectivity index (χ3v) is 1.23. The van der Waals surface area contributed by atoms with E-state index in [4.69, 9.17) is 10.5 Å². The summed E-state index contributed by atoms with van der Waals surface area (Å²) in [5.74, 6) is 0.0659. The molecule has 0 aliphatic carbocycles. The Bertz CT molecular complexity index is 147. The van der Waals surface area contributed by atoms with Gasteiger partial charge in [0.2, 0.25) is 0 Å². The van der Waals surface area contributed by atoms with E-state index >= 15 is 0 Å². The molecule has 0 saturated carbocycles. The van der Waals surface area contributed by atoms with Gasteiger partial charge in [0.05, 0.1) is 6.10 Å². The van der Waals surface area contributed by atoms with Crippen LogP contribution in [0.4, 0.5) is 0 Å². The summed E-state index contributed by atoms with van der Waals surface area (Å²) in [5.41, 5.74) is 5.25. The average Bonchev–Trinajstić information content (AvgIpc) is 1.79. The molecule has 0 heterocycles. The molecule has 0 aromatic carbocycles. The van der Waals surface area contributed by atoms with Crippen molar-refractivity contribution in [3.8, 4) is 0 Å². The predicted molar refractivity (Wildman–Crippen MR) is 49.0 cm³/mol. The summed E-state index contributed by atoms with van der Waals surface area (Å²) in [6.45, 7) is 7.65. The van der Waals surface area contributed by atoms with Gasteiger partial charge >= 0.3 is 0 Å². The molecular formula is C9H19NO2. The van der Waals surface area contributed by atoms with Crippen molar-refractivity contribution in [3.63, 3.8) is 0 Å². The highest BCUT2D eigenvalue weighted by atomic mass is 16.5. The molecule has 2 N–H and O–H groups in total. The summed E-state index contributed by atoms with van der Waals surface area (Å²) in [6, 6.07) is 0. The SMILES string of the molecule is CC(C)OCC(=O)CC(C)(C)N. The fourth-order valence-electron chi connectivity index (χ4n) is 0.819. The molecule has 0 aromatic rings. The van der Waals surface area contributed by atoms with Crippen LogP contribution in [-0.2, 0) is 9.53 Å². The average molecular weight is 173 g/mol. The van der Waals surface area contributed by atoms with E-state index < -0.39 is 5.54 Å². The van der Waals surface area contributed by atoms with Crippen LogP contribution >= 0.6 is 0 Å². The van der Waals surface area contributed by atoms with E-state index in [9.17, 15) is 4.79 Å². The first-order valence-electron chi connectivity index (χ1n) is 4.23. The van der Waals surface area contributed by atoms with E-state index in [1.54, 1.807) is 0 Å². The Labute approximate surface area is 74.3 Å². The predicted octanol–water partition coefficient (Wildman–Crippen LogP) is 1.11. The van der Waals surface area contributed by atoms with Crippen LogP contribution in [-0.4, -0.2) is 24.0 Å². The molecule has 0 aliphatic heterocycles. The van der Waals surface area contributed by atoms with Crippen molar-refractivity contribution in [2.45, 2.75) is 45.8 Å². The lowest BCUT2D eigenvalue weighted by Gasteiger charge is -2.17. The Morgan fingerprint density at radius 1 is 1.50 bits per heavy atom. The number of ketones is 1. The topological polar surface area (TPSA) is 52.3 Å². The monoisotopic (exact) mass is 173 g/mol. The van der Waals surface area contributed by atoms with Crippen LogP contribution in [0.1, 0.15) is 34.1 Å². The first kappa shape index (κ1) is 11.6. The number of carbonyl (C=O) groups is 1. The van der Waals surface area contributed by atoms with E-state index in [1.807, 2.05) is 27.7 Å². The quantitative estimate of drug-likeness (QED) is 0.677. The van der Waals surface area contributed by atoms with Crippen LogP contribution in [0, 0.1) is 0 Å². The van der Waals surface area contributed by atoms with Crippen molar-refractivity contribution in [1.82, 2.24) is 0 Å². The number of hydrogen-bond acceptors (Lipinski definition) is 3. The summed E-state index contributed by atoms with van der Waals surface area (Å²) in [7, 11) is 0. The first-order valence-corrected chi connectivity index (χ1v) is 4.23. The molecule has 0 bridgehead atoms. The summed E-state index contributed by atoms with van der Waals surface area (Å²) in [6.07, 6.45) is 0.481. The van der Waals surface area contributed by atoms with Crippen molar-refractivity contribution in [2.75, 3.05) is 6.61 Å². The van der Waals surface area contributed by atoms with Crippen LogP contribution in [0.3, 0.4) is 0 Å². The molecule has 0 aromatic heterocycles. The maximum atomic E-state index is 11.2. The normalized spacial score (nSPS) is 12.2. The van der Waals surface area contributed by atoms with Crippen LogP contribution in [0.5, 0.6) is 0 Å². The largest absolute Gasteiger partial charge is 0.371 e. The molecule has 0 amide bonds. The van der Waals surface area contributed by atoms with Gasteiger partial charge in [0.1, 0.15) is 6.61 Å².